The Labute approximate surface area is 313 Å². The molecule has 52 heavy (non-hydrogen) atoms. The van der Waals surface area contributed by atoms with Crippen molar-refractivity contribution in [2.45, 2.75) is 95.9 Å². The lowest BCUT2D eigenvalue weighted by Gasteiger charge is -2.35. The van der Waals surface area contributed by atoms with E-state index < -0.39 is 52.6 Å². The van der Waals surface area contributed by atoms with Crippen LogP contribution in [0.4, 0.5) is 0 Å². The molecule has 0 bridgehead atoms. The summed E-state index contributed by atoms with van der Waals surface area (Å²) in [4.78, 5) is 74.7. The van der Waals surface area contributed by atoms with Crippen molar-refractivity contribution in [3.63, 3.8) is 0 Å². The van der Waals surface area contributed by atoms with Gasteiger partial charge in [-0.15, -0.1) is 0 Å². The van der Waals surface area contributed by atoms with Crippen LogP contribution in [0.2, 0.25) is 10.0 Å². The van der Waals surface area contributed by atoms with E-state index in [2.05, 4.69) is 15.8 Å². The van der Waals surface area contributed by atoms with Crippen LogP contribution in [0.1, 0.15) is 83.3 Å². The number of benzene rings is 2. The van der Waals surface area contributed by atoms with E-state index in [4.69, 9.17) is 38.5 Å². The molecule has 2 aromatic rings. The Morgan fingerprint density at radius 2 is 1.73 bits per heavy atom. The van der Waals surface area contributed by atoms with Crippen LogP contribution in [0.3, 0.4) is 0 Å². The fourth-order valence-electron chi connectivity index (χ4n) is 7.27. The van der Waals surface area contributed by atoms with Gasteiger partial charge in [0.1, 0.15) is 12.1 Å². The number of ketones is 1. The zero-order chi connectivity index (χ0) is 37.5. The van der Waals surface area contributed by atoms with Crippen LogP contribution >= 0.6 is 23.2 Å². The molecule has 2 aliphatic carbocycles. The standard InChI is InChI=1S/C38H45Cl2N5O7/c1-5-51-31-25(39)14-22(15-26(31)40)28-17-38(52-44-28)18-29(35(49)42-27(13-20-11-12-20)30(46)33(41)47)45(19-38)36(50)32(37(2,3)4)43-34(48)24-16-23(24)21-9-7-6-8-10-21/h6-10,14-15,20,23-24,27,29,32H,5,11-13,16-19H2,1-4H3,(H2,41,47)(H,42,49)(H,43,48)/t23-,24+,27-,29-,32+,38+/m0/s1. The van der Waals surface area contributed by atoms with Crippen molar-refractivity contribution in [2.75, 3.05) is 13.2 Å². The molecule has 4 amide bonds. The minimum atomic E-state index is -1.14. The van der Waals surface area contributed by atoms with E-state index in [0.717, 1.165) is 18.4 Å². The number of carbonyl (C=O) groups is 5. The number of hydrogen-bond donors (Lipinski definition) is 3. The highest BCUT2D eigenvalue weighted by Crippen LogP contribution is 2.48. The van der Waals surface area contributed by atoms with E-state index in [1.165, 1.54) is 4.90 Å². The minimum Gasteiger partial charge on any atom is -0.491 e. The van der Waals surface area contributed by atoms with Crippen LogP contribution in [0.15, 0.2) is 47.6 Å². The quantitative estimate of drug-likeness (QED) is 0.253. The second-order valence-corrected chi connectivity index (χ2v) is 16.3. The summed E-state index contributed by atoms with van der Waals surface area (Å²) in [5, 5.41) is 10.7. The zero-order valence-electron chi connectivity index (χ0n) is 29.7. The summed E-state index contributed by atoms with van der Waals surface area (Å²) in [6.45, 7) is 7.70. The van der Waals surface area contributed by atoms with Gasteiger partial charge in [-0.1, -0.05) is 92.3 Å². The van der Waals surface area contributed by atoms with E-state index >= 15 is 0 Å². The van der Waals surface area contributed by atoms with Crippen molar-refractivity contribution in [1.29, 1.82) is 0 Å². The smallest absolute Gasteiger partial charge is 0.287 e. The molecule has 2 aliphatic heterocycles. The molecule has 2 aromatic carbocycles. The van der Waals surface area contributed by atoms with Crippen LogP contribution < -0.4 is 21.1 Å². The fraction of sp³-hybridized carbons (Fsp3) is 0.526. The lowest BCUT2D eigenvalue weighted by atomic mass is 9.85. The fourth-order valence-corrected chi connectivity index (χ4v) is 7.86. The van der Waals surface area contributed by atoms with Gasteiger partial charge in [0, 0.05) is 24.3 Å². The maximum absolute atomic E-state index is 14.7. The first kappa shape index (κ1) is 37.6. The Morgan fingerprint density at radius 1 is 1.06 bits per heavy atom. The highest BCUT2D eigenvalue weighted by molar-refractivity contribution is 6.38. The predicted octanol–water partition coefficient (Wildman–Crippen LogP) is 4.53. The van der Waals surface area contributed by atoms with Gasteiger partial charge in [-0.25, -0.2) is 0 Å². The molecule has 0 radical (unpaired) electrons. The molecule has 4 N–H and O–H groups in total. The van der Waals surface area contributed by atoms with Gasteiger partial charge in [-0.3, -0.25) is 24.0 Å². The van der Waals surface area contributed by atoms with Gasteiger partial charge in [-0.2, -0.15) is 0 Å². The summed E-state index contributed by atoms with van der Waals surface area (Å²) >= 11 is 13.0. The third kappa shape index (κ3) is 8.07. The molecule has 0 aromatic heterocycles. The van der Waals surface area contributed by atoms with Crippen molar-refractivity contribution in [3.8, 4) is 5.75 Å². The number of rotatable bonds is 13. The maximum Gasteiger partial charge on any atom is 0.287 e. The molecule has 4 aliphatic rings. The van der Waals surface area contributed by atoms with E-state index in [-0.39, 0.29) is 49.5 Å². The number of likely N-dealkylation sites (tertiary alicyclic amines) is 1. The molecule has 2 saturated carbocycles. The van der Waals surface area contributed by atoms with Crippen LogP contribution in [0.25, 0.3) is 0 Å². The van der Waals surface area contributed by atoms with E-state index in [1.807, 2.05) is 58.0 Å². The Bertz CT molecular complexity index is 1770. The molecule has 278 valence electrons. The first-order valence-electron chi connectivity index (χ1n) is 17.8. The lowest BCUT2D eigenvalue weighted by Crippen LogP contribution is -2.59. The number of oxime groups is 1. The van der Waals surface area contributed by atoms with E-state index in [9.17, 15) is 24.0 Å². The Morgan fingerprint density at radius 3 is 2.33 bits per heavy atom. The SMILES string of the molecule is CCOc1c(Cl)cc(C2=NO[C@]3(C2)C[C@@H](C(=O)N[C@@H](CC2CC2)C(=O)C(N)=O)N(C(=O)[C@@H](NC(=O)[C@@H]2C[C@H]2c2ccccc2)C(C)(C)C)C3)cc1Cl. The predicted molar refractivity (Wildman–Crippen MR) is 195 cm³/mol. The Kier molecular flexibility index (Phi) is 10.6. The molecule has 0 unspecified atom stereocenters. The van der Waals surface area contributed by atoms with E-state index in [1.54, 1.807) is 12.1 Å². The summed E-state index contributed by atoms with van der Waals surface area (Å²) in [6.07, 6.45) is 2.93. The monoisotopic (exact) mass is 753 g/mol. The van der Waals surface area contributed by atoms with Gasteiger partial charge in [0.25, 0.3) is 5.91 Å². The number of Topliss-reactive ketones (excluding diaryl/α,β-unsaturated/α-hetero) is 1. The second-order valence-electron chi connectivity index (χ2n) is 15.5. The molecule has 14 heteroatoms. The molecule has 2 heterocycles. The van der Waals surface area contributed by atoms with Gasteiger partial charge in [0.15, 0.2) is 11.4 Å². The Hall–Kier alpha value is -4.16. The molecular formula is C38H45Cl2N5O7. The summed E-state index contributed by atoms with van der Waals surface area (Å²) in [5.74, 6) is -3.06. The number of primary amides is 1. The number of halogens is 2. The summed E-state index contributed by atoms with van der Waals surface area (Å²) in [5.41, 5.74) is 5.66. The van der Waals surface area contributed by atoms with Crippen LogP contribution in [0.5, 0.6) is 5.75 Å². The van der Waals surface area contributed by atoms with Gasteiger partial charge in [0.2, 0.25) is 23.5 Å². The van der Waals surface area contributed by atoms with Crippen LogP contribution in [-0.4, -0.2) is 76.9 Å². The number of nitrogens with zero attached hydrogens (tertiary/aromatic N) is 2. The molecule has 6 atom stereocenters. The van der Waals surface area contributed by atoms with Crippen molar-refractivity contribution >= 4 is 58.3 Å². The second kappa shape index (κ2) is 14.7. The average Bonchev–Trinajstić information content (AvgIpc) is 4.02. The Balaban J connectivity index is 1.26. The lowest BCUT2D eigenvalue weighted by molar-refractivity contribution is -0.145. The largest absolute Gasteiger partial charge is 0.491 e. The highest BCUT2D eigenvalue weighted by atomic mass is 35.5. The average molecular weight is 755 g/mol. The van der Waals surface area contributed by atoms with Crippen LogP contribution in [-0.2, 0) is 28.8 Å². The number of carbonyl (C=O) groups excluding carboxylic acids is 5. The first-order chi connectivity index (χ1) is 24.6. The number of nitrogens with one attached hydrogen (secondary N) is 2. The third-order valence-corrected chi connectivity index (χ3v) is 10.9. The molecule has 3 fully saturated rings. The van der Waals surface area contributed by atoms with Crippen molar-refractivity contribution in [3.05, 3.63) is 63.6 Å². The zero-order valence-corrected chi connectivity index (χ0v) is 31.3. The first-order valence-corrected chi connectivity index (χ1v) is 18.5. The molecule has 12 nitrogen and oxygen atoms in total. The summed E-state index contributed by atoms with van der Waals surface area (Å²) < 4.78 is 5.57. The maximum atomic E-state index is 14.7. The normalized spacial score (nSPS) is 24.8. The third-order valence-electron chi connectivity index (χ3n) is 10.3. The number of ether oxygens (including phenoxy) is 1. The molecule has 6 rings (SSSR count). The number of hydrogen-bond acceptors (Lipinski definition) is 8. The van der Waals surface area contributed by atoms with Crippen molar-refractivity contribution in [2.24, 2.45) is 28.1 Å². The molecule has 1 saturated heterocycles. The van der Waals surface area contributed by atoms with E-state index in [0.29, 0.717) is 40.1 Å². The topological polar surface area (TPSA) is 169 Å². The van der Waals surface area contributed by atoms with Gasteiger partial charge in [-0.05, 0) is 54.7 Å². The summed E-state index contributed by atoms with van der Waals surface area (Å²) in [6, 6.07) is 9.88. The van der Waals surface area contributed by atoms with Gasteiger partial charge < -0.3 is 30.8 Å². The highest BCUT2D eigenvalue weighted by Gasteiger charge is 2.56. The minimum absolute atomic E-state index is 0.0283. The van der Waals surface area contributed by atoms with Gasteiger partial charge in [0.05, 0.1) is 35.0 Å². The molecule has 1 spiro atoms. The number of amides is 4. The van der Waals surface area contributed by atoms with Crippen molar-refractivity contribution in [1.82, 2.24) is 15.5 Å². The van der Waals surface area contributed by atoms with Crippen LogP contribution in [0, 0.1) is 17.3 Å². The van der Waals surface area contributed by atoms with Crippen molar-refractivity contribution < 1.29 is 33.5 Å². The number of nitrogens with two attached hydrogens (primary N) is 1. The summed E-state index contributed by atoms with van der Waals surface area (Å²) in [7, 11) is 0. The van der Waals surface area contributed by atoms with Gasteiger partial charge >= 0.3 is 0 Å². The molecular weight excluding hydrogens is 709 g/mol.